The second kappa shape index (κ2) is 10.7. The summed E-state index contributed by atoms with van der Waals surface area (Å²) in [5.74, 6) is 1.75. The molecule has 2 aliphatic rings. The van der Waals surface area contributed by atoms with Crippen molar-refractivity contribution in [3.63, 3.8) is 0 Å². The summed E-state index contributed by atoms with van der Waals surface area (Å²) in [6.07, 6.45) is 5.17. The highest BCUT2D eigenvalue weighted by molar-refractivity contribution is 6.32. The van der Waals surface area contributed by atoms with Gasteiger partial charge in [-0.3, -0.25) is 9.89 Å². The molecule has 2 aliphatic heterocycles. The summed E-state index contributed by atoms with van der Waals surface area (Å²) in [6, 6.07) is 4.10. The van der Waals surface area contributed by atoms with Crippen LogP contribution in [0.4, 0.5) is 5.82 Å². The van der Waals surface area contributed by atoms with Gasteiger partial charge in [-0.1, -0.05) is 11.6 Å². The first-order valence-corrected chi connectivity index (χ1v) is 10.3. The summed E-state index contributed by atoms with van der Waals surface area (Å²) in [7, 11) is 1.82. The number of nitrogens with zero attached hydrogens (tertiary/aromatic N) is 4. The lowest BCUT2D eigenvalue weighted by molar-refractivity contribution is 0.0372. The Morgan fingerprint density at radius 2 is 2.19 bits per heavy atom. The average Bonchev–Trinajstić information content (AvgIpc) is 3.16. The molecule has 2 saturated heterocycles. The maximum Gasteiger partial charge on any atom is 0.191 e. The van der Waals surface area contributed by atoms with Gasteiger partial charge in [0.2, 0.25) is 0 Å². The molecule has 2 fully saturated rings. The number of anilines is 1. The van der Waals surface area contributed by atoms with Crippen LogP contribution in [0, 0.1) is 0 Å². The first kappa shape index (κ1) is 20.2. The average molecular weight is 395 g/mol. The summed E-state index contributed by atoms with van der Waals surface area (Å²) >= 11 is 6.27. The molecule has 0 amide bonds. The molecule has 27 heavy (non-hydrogen) atoms. The second-order valence-corrected chi connectivity index (χ2v) is 7.45. The fourth-order valence-corrected chi connectivity index (χ4v) is 3.80. The highest BCUT2D eigenvalue weighted by Crippen LogP contribution is 2.25. The number of rotatable bonds is 7. The van der Waals surface area contributed by atoms with Crippen molar-refractivity contribution in [1.82, 2.24) is 20.5 Å². The predicted molar refractivity (Wildman–Crippen MR) is 111 cm³/mol. The van der Waals surface area contributed by atoms with Gasteiger partial charge in [0.25, 0.3) is 0 Å². The van der Waals surface area contributed by atoms with Crippen molar-refractivity contribution >= 4 is 23.4 Å². The van der Waals surface area contributed by atoms with E-state index in [0.717, 1.165) is 77.1 Å². The number of hydrogen-bond donors (Lipinski definition) is 2. The van der Waals surface area contributed by atoms with Crippen LogP contribution in [0.5, 0.6) is 0 Å². The Morgan fingerprint density at radius 3 is 2.96 bits per heavy atom. The van der Waals surface area contributed by atoms with E-state index in [9.17, 15) is 0 Å². The van der Waals surface area contributed by atoms with E-state index >= 15 is 0 Å². The molecule has 0 aromatic carbocycles. The number of morpholine rings is 1. The lowest BCUT2D eigenvalue weighted by Crippen LogP contribution is -2.45. The van der Waals surface area contributed by atoms with Gasteiger partial charge in [-0.25, -0.2) is 4.98 Å². The molecule has 0 spiro atoms. The molecule has 1 unspecified atom stereocenters. The number of nitrogens with one attached hydrogen (secondary N) is 2. The third-order valence-corrected chi connectivity index (χ3v) is 5.38. The van der Waals surface area contributed by atoms with E-state index < -0.39 is 0 Å². The highest BCUT2D eigenvalue weighted by atomic mass is 35.5. The number of hydrogen-bond acceptors (Lipinski definition) is 5. The Morgan fingerprint density at radius 1 is 1.33 bits per heavy atom. The first-order chi connectivity index (χ1) is 13.3. The SMILES string of the molecule is CN=C(NCCCCN1CCOCC1)NC1CCN(c2ncccc2Cl)C1. The van der Waals surface area contributed by atoms with Gasteiger partial charge in [0.1, 0.15) is 5.82 Å². The minimum absolute atomic E-state index is 0.350. The van der Waals surface area contributed by atoms with Gasteiger partial charge in [-0.05, 0) is 37.9 Å². The Kier molecular flexibility index (Phi) is 7.98. The number of pyridine rings is 1. The van der Waals surface area contributed by atoms with E-state index in [1.807, 2.05) is 19.2 Å². The summed E-state index contributed by atoms with van der Waals surface area (Å²) < 4.78 is 5.39. The molecule has 150 valence electrons. The standard InChI is InChI=1S/C19H31ClN6O/c1-21-19(23-7-2-3-9-25-11-13-27-14-12-25)24-16-6-10-26(15-16)18-17(20)5-4-8-22-18/h4-5,8,16H,2-3,6-7,9-15H2,1H3,(H2,21,23,24). The quantitative estimate of drug-likeness (QED) is 0.416. The Labute approximate surface area is 167 Å². The van der Waals surface area contributed by atoms with Crippen molar-refractivity contribution in [1.29, 1.82) is 0 Å². The fraction of sp³-hybridized carbons (Fsp3) is 0.684. The maximum absolute atomic E-state index is 6.27. The minimum atomic E-state index is 0.350. The van der Waals surface area contributed by atoms with Crippen LogP contribution in [0.25, 0.3) is 0 Å². The molecular weight excluding hydrogens is 364 g/mol. The van der Waals surface area contributed by atoms with Crippen molar-refractivity contribution < 1.29 is 4.74 Å². The number of halogens is 1. The summed E-state index contributed by atoms with van der Waals surface area (Å²) in [5, 5.41) is 7.67. The lowest BCUT2D eigenvalue weighted by Gasteiger charge is -2.26. The maximum atomic E-state index is 6.27. The van der Waals surface area contributed by atoms with E-state index in [4.69, 9.17) is 16.3 Å². The van der Waals surface area contributed by atoms with Crippen LogP contribution in [-0.4, -0.2) is 81.4 Å². The largest absolute Gasteiger partial charge is 0.379 e. The Hall–Kier alpha value is -1.57. The van der Waals surface area contributed by atoms with Crippen molar-refractivity contribution in [3.8, 4) is 0 Å². The van der Waals surface area contributed by atoms with Crippen molar-refractivity contribution in [2.24, 2.45) is 4.99 Å². The van der Waals surface area contributed by atoms with E-state index in [2.05, 4.69) is 30.4 Å². The summed E-state index contributed by atoms with van der Waals surface area (Å²) in [4.78, 5) is 13.5. The van der Waals surface area contributed by atoms with E-state index in [1.165, 1.54) is 6.42 Å². The minimum Gasteiger partial charge on any atom is -0.379 e. The molecule has 1 aromatic heterocycles. The molecular formula is C19H31ClN6O. The van der Waals surface area contributed by atoms with Gasteiger partial charge in [-0.2, -0.15) is 0 Å². The van der Waals surface area contributed by atoms with Crippen LogP contribution >= 0.6 is 11.6 Å². The van der Waals surface area contributed by atoms with Gasteiger partial charge in [-0.15, -0.1) is 0 Å². The number of ether oxygens (including phenoxy) is 1. The molecule has 3 heterocycles. The lowest BCUT2D eigenvalue weighted by atomic mass is 10.2. The molecule has 2 N–H and O–H groups in total. The predicted octanol–water partition coefficient (Wildman–Crippen LogP) is 1.59. The van der Waals surface area contributed by atoms with Crippen molar-refractivity contribution in [2.75, 3.05) is 64.4 Å². The van der Waals surface area contributed by atoms with Crippen LogP contribution in [0.1, 0.15) is 19.3 Å². The van der Waals surface area contributed by atoms with Crippen LogP contribution in [0.2, 0.25) is 5.02 Å². The first-order valence-electron chi connectivity index (χ1n) is 9.89. The molecule has 8 heteroatoms. The van der Waals surface area contributed by atoms with Gasteiger partial charge in [0.05, 0.1) is 18.2 Å². The third-order valence-electron chi connectivity index (χ3n) is 5.09. The molecule has 3 rings (SSSR count). The van der Waals surface area contributed by atoms with Crippen LogP contribution in [0.15, 0.2) is 23.3 Å². The number of unbranched alkanes of at least 4 members (excludes halogenated alkanes) is 1. The molecule has 0 radical (unpaired) electrons. The summed E-state index contributed by atoms with van der Waals surface area (Å²) in [6.45, 7) is 7.80. The van der Waals surface area contributed by atoms with Gasteiger partial charge in [0.15, 0.2) is 5.96 Å². The zero-order valence-corrected chi connectivity index (χ0v) is 16.9. The van der Waals surface area contributed by atoms with E-state index in [-0.39, 0.29) is 0 Å². The summed E-state index contributed by atoms with van der Waals surface area (Å²) in [5.41, 5.74) is 0. The smallest absolute Gasteiger partial charge is 0.191 e. The highest BCUT2D eigenvalue weighted by Gasteiger charge is 2.25. The van der Waals surface area contributed by atoms with Crippen molar-refractivity contribution in [2.45, 2.75) is 25.3 Å². The van der Waals surface area contributed by atoms with E-state index in [0.29, 0.717) is 11.1 Å². The van der Waals surface area contributed by atoms with Gasteiger partial charge >= 0.3 is 0 Å². The monoisotopic (exact) mass is 394 g/mol. The van der Waals surface area contributed by atoms with E-state index in [1.54, 1.807) is 6.20 Å². The molecule has 0 bridgehead atoms. The number of aromatic nitrogens is 1. The molecule has 1 aromatic rings. The Bertz CT molecular complexity index is 608. The molecule has 0 aliphatic carbocycles. The zero-order valence-electron chi connectivity index (χ0n) is 16.2. The molecule has 0 saturated carbocycles. The molecule has 7 nitrogen and oxygen atoms in total. The van der Waals surface area contributed by atoms with Gasteiger partial charge < -0.3 is 20.3 Å². The number of aliphatic imine (C=N–C) groups is 1. The topological polar surface area (TPSA) is 65.0 Å². The van der Waals surface area contributed by atoms with Crippen LogP contribution < -0.4 is 15.5 Å². The van der Waals surface area contributed by atoms with Gasteiger partial charge in [0, 0.05) is 52.0 Å². The fourth-order valence-electron chi connectivity index (χ4n) is 3.56. The van der Waals surface area contributed by atoms with Crippen molar-refractivity contribution in [3.05, 3.63) is 23.4 Å². The van der Waals surface area contributed by atoms with Crippen LogP contribution in [0.3, 0.4) is 0 Å². The molecule has 1 atom stereocenters. The third kappa shape index (κ3) is 6.23. The normalized spacial score (nSPS) is 21.5. The van der Waals surface area contributed by atoms with Crippen LogP contribution in [-0.2, 0) is 4.74 Å². The second-order valence-electron chi connectivity index (χ2n) is 7.04. The number of guanidine groups is 1. The zero-order chi connectivity index (χ0) is 18.9. The Balaban J connectivity index is 1.34.